The van der Waals surface area contributed by atoms with Crippen LogP contribution < -0.4 is 10.1 Å². The fourth-order valence-electron chi connectivity index (χ4n) is 2.36. The lowest BCUT2D eigenvalue weighted by atomic mass is 10.2. The number of benzene rings is 2. The number of hydrogen-bond acceptors (Lipinski definition) is 6. The van der Waals surface area contributed by atoms with E-state index in [2.05, 4.69) is 10.1 Å². The third-order valence-corrected chi connectivity index (χ3v) is 6.23. The maximum absolute atomic E-state index is 12.4. The predicted octanol–water partition coefficient (Wildman–Crippen LogP) is 2.96. The number of amides is 1. The van der Waals surface area contributed by atoms with Gasteiger partial charge in [0.2, 0.25) is 10.0 Å². The first kappa shape index (κ1) is 25.4. The summed E-state index contributed by atoms with van der Waals surface area (Å²) >= 11 is 5.91. The Labute approximate surface area is 186 Å². The first-order chi connectivity index (χ1) is 14.8. The van der Waals surface area contributed by atoms with Crippen LogP contribution in [0.25, 0.3) is 0 Å². The molecule has 2 aromatic carbocycles. The zero-order valence-electron chi connectivity index (χ0n) is 16.8. The smallest absolute Gasteiger partial charge is 0.452 e. The monoisotopic (exact) mass is 494 g/mol. The maximum atomic E-state index is 12.4. The number of para-hydroxylation sites is 1. The SMILES string of the molecule is CN(C)S(=O)(=O)c1cc(C(=O)OCC(=O)NCc2ccccc2OC(F)(F)F)ccc1Cl. The van der Waals surface area contributed by atoms with Crippen molar-refractivity contribution in [3.63, 3.8) is 0 Å². The largest absolute Gasteiger partial charge is 0.573 e. The van der Waals surface area contributed by atoms with Crippen molar-refractivity contribution in [3.05, 3.63) is 58.6 Å². The molecule has 0 saturated heterocycles. The number of carbonyl (C=O) groups excluding carboxylic acids is 2. The second kappa shape index (κ2) is 10.2. The van der Waals surface area contributed by atoms with E-state index in [-0.39, 0.29) is 27.6 Å². The van der Waals surface area contributed by atoms with E-state index in [9.17, 15) is 31.2 Å². The first-order valence-electron chi connectivity index (χ1n) is 8.81. The van der Waals surface area contributed by atoms with Gasteiger partial charge in [-0.2, -0.15) is 0 Å². The minimum absolute atomic E-state index is 0.0562. The maximum Gasteiger partial charge on any atom is 0.573 e. The van der Waals surface area contributed by atoms with Crippen LogP contribution in [0, 0.1) is 0 Å². The highest BCUT2D eigenvalue weighted by atomic mass is 35.5. The number of ether oxygens (including phenoxy) is 2. The lowest BCUT2D eigenvalue weighted by molar-refractivity contribution is -0.274. The van der Waals surface area contributed by atoms with Crippen molar-refractivity contribution in [1.29, 1.82) is 0 Å². The fraction of sp³-hybridized carbons (Fsp3) is 0.263. The molecule has 0 radical (unpaired) electrons. The van der Waals surface area contributed by atoms with E-state index in [4.69, 9.17) is 16.3 Å². The van der Waals surface area contributed by atoms with Gasteiger partial charge >= 0.3 is 12.3 Å². The molecule has 0 aliphatic carbocycles. The van der Waals surface area contributed by atoms with Gasteiger partial charge in [0.05, 0.1) is 10.6 Å². The number of carbonyl (C=O) groups is 2. The van der Waals surface area contributed by atoms with E-state index in [1.165, 1.54) is 44.4 Å². The van der Waals surface area contributed by atoms with Crippen LogP contribution in [0.4, 0.5) is 13.2 Å². The molecule has 13 heteroatoms. The van der Waals surface area contributed by atoms with Crippen molar-refractivity contribution in [2.75, 3.05) is 20.7 Å². The van der Waals surface area contributed by atoms with Crippen LogP contribution >= 0.6 is 11.6 Å². The number of alkyl halides is 3. The third kappa shape index (κ3) is 6.84. The van der Waals surface area contributed by atoms with Crippen LogP contribution in [0.1, 0.15) is 15.9 Å². The highest BCUT2D eigenvalue weighted by molar-refractivity contribution is 7.89. The highest BCUT2D eigenvalue weighted by Crippen LogP contribution is 2.26. The lowest BCUT2D eigenvalue weighted by Crippen LogP contribution is -2.29. The highest BCUT2D eigenvalue weighted by Gasteiger charge is 2.32. The molecule has 0 aliphatic heterocycles. The molecule has 1 N–H and O–H groups in total. The van der Waals surface area contributed by atoms with E-state index in [0.717, 1.165) is 16.4 Å². The van der Waals surface area contributed by atoms with Crippen molar-refractivity contribution in [2.45, 2.75) is 17.8 Å². The second-order valence-corrected chi connectivity index (χ2v) is 8.97. The minimum Gasteiger partial charge on any atom is -0.452 e. The summed E-state index contributed by atoms with van der Waals surface area (Å²) in [7, 11) is -1.35. The molecule has 0 atom stereocenters. The van der Waals surface area contributed by atoms with Crippen molar-refractivity contribution < 1.29 is 40.7 Å². The summed E-state index contributed by atoms with van der Waals surface area (Å²) in [4.78, 5) is 23.8. The molecular formula is C19H18ClF3N2O6S. The molecule has 8 nitrogen and oxygen atoms in total. The second-order valence-electron chi connectivity index (χ2n) is 6.44. The average molecular weight is 495 g/mol. The summed E-state index contributed by atoms with van der Waals surface area (Å²) in [5.74, 6) is -2.27. The number of nitrogens with one attached hydrogen (secondary N) is 1. The minimum atomic E-state index is -4.90. The summed E-state index contributed by atoms with van der Waals surface area (Å²) < 4.78 is 71.5. The molecule has 0 saturated carbocycles. The Bertz CT molecular complexity index is 1110. The van der Waals surface area contributed by atoms with Gasteiger partial charge < -0.3 is 14.8 Å². The van der Waals surface area contributed by atoms with Crippen LogP contribution in [0.5, 0.6) is 5.75 Å². The van der Waals surface area contributed by atoms with E-state index >= 15 is 0 Å². The standard InChI is InChI=1S/C19H18ClF3N2O6S/c1-25(2)32(28,29)16-9-12(7-8-14(16)20)18(27)30-11-17(26)24-10-13-5-3-4-6-15(13)31-19(21,22)23/h3-9H,10-11H2,1-2H3,(H,24,26). The van der Waals surface area contributed by atoms with E-state index < -0.39 is 40.6 Å². The molecule has 174 valence electrons. The predicted molar refractivity (Wildman–Crippen MR) is 108 cm³/mol. The van der Waals surface area contributed by atoms with Crippen LogP contribution in [-0.4, -0.2) is 51.7 Å². The Morgan fingerprint density at radius 1 is 1.12 bits per heavy atom. The molecule has 0 bridgehead atoms. The normalized spacial score (nSPS) is 11.8. The number of halogens is 4. The molecule has 0 aliphatic rings. The van der Waals surface area contributed by atoms with Crippen LogP contribution in [0.3, 0.4) is 0 Å². The van der Waals surface area contributed by atoms with Gasteiger partial charge in [0.15, 0.2) is 6.61 Å². The molecule has 0 heterocycles. The molecule has 0 fully saturated rings. The molecule has 1 amide bonds. The summed E-state index contributed by atoms with van der Waals surface area (Å²) in [5.41, 5.74) is -0.104. The summed E-state index contributed by atoms with van der Waals surface area (Å²) in [6.45, 7) is -1.06. The van der Waals surface area contributed by atoms with Gasteiger partial charge in [0.1, 0.15) is 10.6 Å². The average Bonchev–Trinajstić information content (AvgIpc) is 2.70. The van der Waals surface area contributed by atoms with Gasteiger partial charge in [-0.25, -0.2) is 17.5 Å². The van der Waals surface area contributed by atoms with E-state index in [0.29, 0.717) is 0 Å². The van der Waals surface area contributed by atoms with Crippen molar-refractivity contribution >= 4 is 33.5 Å². The van der Waals surface area contributed by atoms with Gasteiger partial charge in [0, 0.05) is 26.2 Å². The van der Waals surface area contributed by atoms with E-state index in [1.54, 1.807) is 0 Å². The van der Waals surface area contributed by atoms with Gasteiger partial charge in [-0.1, -0.05) is 29.8 Å². The van der Waals surface area contributed by atoms with Crippen molar-refractivity contribution in [2.24, 2.45) is 0 Å². The molecule has 0 unspecified atom stereocenters. The zero-order chi connectivity index (χ0) is 24.1. The third-order valence-electron chi connectivity index (χ3n) is 3.93. The van der Waals surface area contributed by atoms with Gasteiger partial charge in [0.25, 0.3) is 5.91 Å². The number of sulfonamides is 1. The Balaban J connectivity index is 2.00. The number of esters is 1. The fourth-order valence-corrected chi connectivity index (χ4v) is 3.75. The number of rotatable bonds is 8. The molecule has 32 heavy (non-hydrogen) atoms. The molecule has 0 aromatic heterocycles. The Kier molecular flexibility index (Phi) is 8.10. The quantitative estimate of drug-likeness (QED) is 0.566. The van der Waals surface area contributed by atoms with Crippen molar-refractivity contribution in [3.8, 4) is 5.75 Å². The molecule has 2 rings (SSSR count). The number of nitrogens with zero attached hydrogens (tertiary/aromatic N) is 1. The number of hydrogen-bond donors (Lipinski definition) is 1. The summed E-state index contributed by atoms with van der Waals surface area (Å²) in [6, 6.07) is 8.66. The summed E-state index contributed by atoms with van der Waals surface area (Å²) in [6.07, 6.45) is -4.90. The zero-order valence-corrected chi connectivity index (χ0v) is 18.3. The Morgan fingerprint density at radius 2 is 1.78 bits per heavy atom. The lowest BCUT2D eigenvalue weighted by Gasteiger charge is -2.14. The molecular weight excluding hydrogens is 477 g/mol. The Hall–Kier alpha value is -2.83. The van der Waals surface area contributed by atoms with Crippen LogP contribution in [0.2, 0.25) is 5.02 Å². The molecule has 0 spiro atoms. The van der Waals surface area contributed by atoms with Crippen LogP contribution in [0.15, 0.2) is 47.4 Å². The van der Waals surface area contributed by atoms with Gasteiger partial charge in [-0.3, -0.25) is 4.79 Å². The van der Waals surface area contributed by atoms with E-state index in [1.807, 2.05) is 0 Å². The van der Waals surface area contributed by atoms with Gasteiger partial charge in [-0.05, 0) is 24.3 Å². The molecule has 2 aromatic rings. The van der Waals surface area contributed by atoms with Crippen molar-refractivity contribution in [1.82, 2.24) is 9.62 Å². The van der Waals surface area contributed by atoms with Crippen LogP contribution in [-0.2, 0) is 26.1 Å². The Morgan fingerprint density at radius 3 is 2.41 bits per heavy atom. The summed E-state index contributed by atoms with van der Waals surface area (Å²) in [5, 5.41) is 2.20. The topological polar surface area (TPSA) is 102 Å². The van der Waals surface area contributed by atoms with Gasteiger partial charge in [-0.15, -0.1) is 13.2 Å². The first-order valence-corrected chi connectivity index (χ1v) is 10.6.